The van der Waals surface area contributed by atoms with Crippen LogP contribution < -0.4 is 11.1 Å². The molecule has 110 valence electrons. The second kappa shape index (κ2) is 4.97. The lowest BCUT2D eigenvalue weighted by Crippen LogP contribution is -2.72. The highest BCUT2D eigenvalue weighted by Crippen LogP contribution is 2.46. The number of amides is 1. The highest BCUT2D eigenvalue weighted by atomic mass is 16.6. The van der Waals surface area contributed by atoms with Gasteiger partial charge in [-0.15, -0.1) is 0 Å². The summed E-state index contributed by atoms with van der Waals surface area (Å²) in [6.45, 7) is 5.66. The summed E-state index contributed by atoms with van der Waals surface area (Å²) in [5.74, 6) is 0. The highest BCUT2D eigenvalue weighted by Gasteiger charge is 2.54. The van der Waals surface area contributed by atoms with Gasteiger partial charge < -0.3 is 15.8 Å². The molecule has 0 unspecified atom stereocenters. The van der Waals surface area contributed by atoms with Gasteiger partial charge in [-0.25, -0.2) is 4.79 Å². The van der Waals surface area contributed by atoms with Crippen molar-refractivity contribution in [2.45, 2.75) is 88.8 Å². The van der Waals surface area contributed by atoms with Gasteiger partial charge >= 0.3 is 6.09 Å². The lowest BCUT2D eigenvalue weighted by atomic mass is 9.59. The van der Waals surface area contributed by atoms with Crippen LogP contribution >= 0.6 is 0 Å². The average molecular weight is 268 g/mol. The van der Waals surface area contributed by atoms with Crippen molar-refractivity contribution in [1.29, 1.82) is 0 Å². The fourth-order valence-electron chi connectivity index (χ4n) is 3.44. The van der Waals surface area contributed by atoms with E-state index in [4.69, 9.17) is 10.5 Å². The van der Waals surface area contributed by atoms with E-state index in [9.17, 15) is 4.79 Å². The SMILES string of the molecule is CC(C)(C)OC(=O)NC1(C2(N)CCCCC2)CCC1. The Kier molecular flexibility index (Phi) is 3.83. The maximum Gasteiger partial charge on any atom is 0.408 e. The van der Waals surface area contributed by atoms with Gasteiger partial charge in [-0.1, -0.05) is 19.3 Å². The zero-order valence-corrected chi connectivity index (χ0v) is 12.6. The molecule has 2 aliphatic rings. The number of alkyl carbamates (subject to hydrolysis) is 1. The Balaban J connectivity index is 2.04. The van der Waals surface area contributed by atoms with E-state index in [0.29, 0.717) is 0 Å². The third-order valence-corrected chi connectivity index (χ3v) is 4.65. The fourth-order valence-corrected chi connectivity index (χ4v) is 3.44. The zero-order valence-electron chi connectivity index (χ0n) is 12.6. The van der Waals surface area contributed by atoms with Crippen molar-refractivity contribution in [2.24, 2.45) is 5.73 Å². The molecule has 0 aromatic carbocycles. The molecule has 4 heteroatoms. The van der Waals surface area contributed by atoms with Gasteiger partial charge in [0.15, 0.2) is 0 Å². The van der Waals surface area contributed by atoms with Crippen LogP contribution in [0.2, 0.25) is 0 Å². The molecule has 0 heterocycles. The van der Waals surface area contributed by atoms with Crippen LogP contribution in [0.1, 0.15) is 72.1 Å². The molecule has 0 saturated heterocycles. The van der Waals surface area contributed by atoms with Crippen molar-refractivity contribution >= 4 is 6.09 Å². The summed E-state index contributed by atoms with van der Waals surface area (Å²) in [6, 6.07) is 0. The summed E-state index contributed by atoms with van der Waals surface area (Å²) in [6.07, 6.45) is 8.46. The minimum atomic E-state index is -0.455. The van der Waals surface area contributed by atoms with Crippen molar-refractivity contribution in [3.8, 4) is 0 Å². The van der Waals surface area contributed by atoms with Crippen molar-refractivity contribution in [1.82, 2.24) is 5.32 Å². The largest absolute Gasteiger partial charge is 0.444 e. The molecular formula is C15H28N2O2. The van der Waals surface area contributed by atoms with Gasteiger partial charge in [0.25, 0.3) is 0 Å². The Hall–Kier alpha value is -0.770. The van der Waals surface area contributed by atoms with Crippen molar-refractivity contribution < 1.29 is 9.53 Å². The number of carbonyl (C=O) groups is 1. The van der Waals surface area contributed by atoms with Gasteiger partial charge in [0.2, 0.25) is 0 Å². The normalized spacial score (nSPS) is 25.3. The first-order valence-electron chi connectivity index (χ1n) is 7.57. The van der Waals surface area contributed by atoms with Crippen LogP contribution in [0.15, 0.2) is 0 Å². The number of carbonyl (C=O) groups excluding carboxylic acids is 1. The second-order valence-corrected chi connectivity index (χ2v) is 7.28. The van der Waals surface area contributed by atoms with Crippen LogP contribution in [0.4, 0.5) is 4.79 Å². The number of rotatable bonds is 2. The van der Waals surface area contributed by atoms with E-state index in [1.165, 1.54) is 19.3 Å². The van der Waals surface area contributed by atoms with Crippen molar-refractivity contribution in [3.05, 3.63) is 0 Å². The van der Waals surface area contributed by atoms with E-state index >= 15 is 0 Å². The van der Waals surface area contributed by atoms with Gasteiger partial charge in [-0.3, -0.25) is 0 Å². The number of hydrogen-bond donors (Lipinski definition) is 2. The Labute approximate surface area is 116 Å². The summed E-state index contributed by atoms with van der Waals surface area (Å²) in [4.78, 5) is 12.1. The van der Waals surface area contributed by atoms with Gasteiger partial charge in [-0.2, -0.15) is 0 Å². The predicted molar refractivity (Wildman–Crippen MR) is 76.0 cm³/mol. The maximum absolute atomic E-state index is 12.1. The average Bonchev–Trinajstić information content (AvgIpc) is 2.21. The summed E-state index contributed by atoms with van der Waals surface area (Å²) in [7, 11) is 0. The molecule has 3 N–H and O–H groups in total. The molecule has 2 saturated carbocycles. The Bertz CT molecular complexity index is 337. The first kappa shape index (κ1) is 14.6. The molecule has 4 nitrogen and oxygen atoms in total. The van der Waals surface area contributed by atoms with E-state index in [1.54, 1.807) is 0 Å². The first-order valence-corrected chi connectivity index (χ1v) is 7.57. The molecule has 2 aliphatic carbocycles. The monoisotopic (exact) mass is 268 g/mol. The third kappa shape index (κ3) is 3.04. The van der Waals surface area contributed by atoms with E-state index in [-0.39, 0.29) is 17.2 Å². The molecule has 0 aromatic heterocycles. The summed E-state index contributed by atoms with van der Waals surface area (Å²) >= 11 is 0. The quantitative estimate of drug-likeness (QED) is 0.809. The molecule has 0 aromatic rings. The van der Waals surface area contributed by atoms with Crippen molar-refractivity contribution in [2.75, 3.05) is 0 Å². The zero-order chi connectivity index (χ0) is 14.1. The fraction of sp³-hybridized carbons (Fsp3) is 0.933. The topological polar surface area (TPSA) is 64.3 Å². The highest BCUT2D eigenvalue weighted by molar-refractivity contribution is 5.69. The molecule has 0 spiro atoms. The Morgan fingerprint density at radius 1 is 1.05 bits per heavy atom. The van der Waals surface area contributed by atoms with Crippen LogP contribution in [0, 0.1) is 0 Å². The first-order chi connectivity index (χ1) is 8.77. The number of ether oxygens (including phenoxy) is 1. The molecule has 2 fully saturated rings. The van der Waals surface area contributed by atoms with Gasteiger partial charge in [-0.05, 0) is 52.9 Å². The number of nitrogens with one attached hydrogen (secondary N) is 1. The number of hydrogen-bond acceptors (Lipinski definition) is 3. The second-order valence-electron chi connectivity index (χ2n) is 7.28. The van der Waals surface area contributed by atoms with Crippen LogP contribution in [-0.2, 0) is 4.74 Å². The Morgan fingerprint density at radius 3 is 2.05 bits per heavy atom. The van der Waals surface area contributed by atoms with Crippen molar-refractivity contribution in [3.63, 3.8) is 0 Å². The summed E-state index contributed by atoms with van der Waals surface area (Å²) in [5.41, 5.74) is 5.72. The van der Waals surface area contributed by atoms with Crippen LogP contribution in [0.25, 0.3) is 0 Å². The van der Waals surface area contributed by atoms with Crippen LogP contribution in [0.3, 0.4) is 0 Å². The standard InChI is InChI=1S/C15H28N2O2/c1-13(2,3)19-12(18)17-15(10-7-11-15)14(16)8-5-4-6-9-14/h4-11,16H2,1-3H3,(H,17,18). The predicted octanol–water partition coefficient (Wildman–Crippen LogP) is 3.10. The molecule has 19 heavy (non-hydrogen) atoms. The van der Waals surface area contributed by atoms with Gasteiger partial charge in [0.05, 0.1) is 5.54 Å². The Morgan fingerprint density at radius 2 is 1.63 bits per heavy atom. The van der Waals surface area contributed by atoms with E-state index < -0.39 is 5.60 Å². The summed E-state index contributed by atoms with van der Waals surface area (Å²) in [5, 5.41) is 3.11. The smallest absolute Gasteiger partial charge is 0.408 e. The summed E-state index contributed by atoms with van der Waals surface area (Å²) < 4.78 is 5.40. The molecule has 0 bridgehead atoms. The van der Waals surface area contributed by atoms with Crippen LogP contribution in [0.5, 0.6) is 0 Å². The number of nitrogens with two attached hydrogens (primary N) is 1. The molecule has 2 rings (SSSR count). The lowest BCUT2D eigenvalue weighted by Gasteiger charge is -2.56. The van der Waals surface area contributed by atoms with E-state index in [2.05, 4.69) is 5.32 Å². The van der Waals surface area contributed by atoms with Crippen LogP contribution in [-0.4, -0.2) is 22.8 Å². The van der Waals surface area contributed by atoms with Gasteiger partial charge in [0, 0.05) is 5.54 Å². The van der Waals surface area contributed by atoms with Gasteiger partial charge in [0.1, 0.15) is 5.60 Å². The maximum atomic E-state index is 12.1. The lowest BCUT2D eigenvalue weighted by molar-refractivity contribution is 0.0113. The minimum absolute atomic E-state index is 0.226. The molecule has 1 amide bonds. The molecule has 0 radical (unpaired) electrons. The third-order valence-electron chi connectivity index (χ3n) is 4.65. The molecule has 0 aliphatic heterocycles. The minimum Gasteiger partial charge on any atom is -0.444 e. The molecular weight excluding hydrogens is 240 g/mol. The van der Waals surface area contributed by atoms with E-state index in [1.807, 2.05) is 20.8 Å². The van der Waals surface area contributed by atoms with E-state index in [0.717, 1.165) is 32.1 Å². The molecule has 0 atom stereocenters.